The standard InChI is InChI=1S/C18H20BrN3O/c19-16-8-4-3-7-15(16)18(23)21-17-10-9-14(13-20-17)22-11-5-1-2-6-12-22/h3-4,7-10,13H,1-2,5-6,11-12H2,(H,20,21,23). The average molecular weight is 374 g/mol. The summed E-state index contributed by atoms with van der Waals surface area (Å²) in [5, 5.41) is 2.84. The van der Waals surface area contributed by atoms with E-state index >= 15 is 0 Å². The van der Waals surface area contributed by atoms with Crippen molar-refractivity contribution in [2.45, 2.75) is 25.7 Å². The highest BCUT2D eigenvalue weighted by molar-refractivity contribution is 9.10. The Morgan fingerprint density at radius 1 is 1.04 bits per heavy atom. The minimum atomic E-state index is -0.160. The predicted octanol–water partition coefficient (Wildman–Crippen LogP) is 4.48. The second kappa shape index (κ2) is 7.59. The van der Waals surface area contributed by atoms with Crippen molar-refractivity contribution >= 4 is 33.3 Å². The van der Waals surface area contributed by atoms with Crippen LogP contribution in [-0.4, -0.2) is 24.0 Å². The summed E-state index contributed by atoms with van der Waals surface area (Å²) >= 11 is 3.39. The minimum absolute atomic E-state index is 0.160. The van der Waals surface area contributed by atoms with Gasteiger partial charge in [0.1, 0.15) is 5.82 Å². The molecule has 1 amide bonds. The molecule has 1 fully saturated rings. The zero-order valence-corrected chi connectivity index (χ0v) is 14.6. The summed E-state index contributed by atoms with van der Waals surface area (Å²) in [6.45, 7) is 2.18. The monoisotopic (exact) mass is 373 g/mol. The van der Waals surface area contributed by atoms with Crippen LogP contribution in [0.15, 0.2) is 47.1 Å². The summed E-state index contributed by atoms with van der Waals surface area (Å²) < 4.78 is 0.777. The van der Waals surface area contributed by atoms with Crippen molar-refractivity contribution in [1.82, 2.24) is 4.98 Å². The van der Waals surface area contributed by atoms with E-state index in [4.69, 9.17) is 0 Å². The molecule has 0 saturated carbocycles. The first-order valence-electron chi connectivity index (χ1n) is 8.01. The van der Waals surface area contributed by atoms with Gasteiger partial charge in [-0.15, -0.1) is 0 Å². The number of hydrogen-bond donors (Lipinski definition) is 1. The Morgan fingerprint density at radius 3 is 2.43 bits per heavy atom. The molecule has 1 aliphatic heterocycles. The molecule has 23 heavy (non-hydrogen) atoms. The Hall–Kier alpha value is -1.88. The van der Waals surface area contributed by atoms with Gasteiger partial charge in [-0.2, -0.15) is 0 Å². The third kappa shape index (κ3) is 4.10. The van der Waals surface area contributed by atoms with Crippen LogP contribution >= 0.6 is 15.9 Å². The van der Waals surface area contributed by atoms with Crippen LogP contribution in [0.1, 0.15) is 36.0 Å². The Bertz CT molecular complexity index is 664. The molecular weight excluding hydrogens is 354 g/mol. The van der Waals surface area contributed by atoms with Crippen LogP contribution in [0.25, 0.3) is 0 Å². The molecule has 4 nitrogen and oxygen atoms in total. The highest BCUT2D eigenvalue weighted by Gasteiger charge is 2.12. The molecule has 0 unspecified atom stereocenters. The van der Waals surface area contributed by atoms with Gasteiger partial charge < -0.3 is 10.2 Å². The molecule has 2 heterocycles. The molecular formula is C18H20BrN3O. The largest absolute Gasteiger partial charge is 0.370 e. The van der Waals surface area contributed by atoms with E-state index in [9.17, 15) is 4.79 Å². The number of hydrogen-bond acceptors (Lipinski definition) is 3. The Morgan fingerprint density at radius 2 is 1.78 bits per heavy atom. The van der Waals surface area contributed by atoms with Crippen LogP contribution in [-0.2, 0) is 0 Å². The van der Waals surface area contributed by atoms with Crippen molar-refractivity contribution in [2.24, 2.45) is 0 Å². The molecule has 0 radical (unpaired) electrons. The summed E-state index contributed by atoms with van der Waals surface area (Å²) in [6, 6.07) is 11.3. The molecule has 1 aromatic heterocycles. The molecule has 0 aliphatic carbocycles. The van der Waals surface area contributed by atoms with Gasteiger partial charge in [-0.3, -0.25) is 4.79 Å². The number of aromatic nitrogens is 1. The predicted molar refractivity (Wildman–Crippen MR) is 97.0 cm³/mol. The fraction of sp³-hybridized carbons (Fsp3) is 0.333. The smallest absolute Gasteiger partial charge is 0.257 e. The quantitative estimate of drug-likeness (QED) is 0.862. The topological polar surface area (TPSA) is 45.2 Å². The summed E-state index contributed by atoms with van der Waals surface area (Å²) in [4.78, 5) is 19.0. The molecule has 0 spiro atoms. The van der Waals surface area contributed by atoms with Crippen LogP contribution in [0.2, 0.25) is 0 Å². The lowest BCUT2D eigenvalue weighted by molar-refractivity contribution is 0.102. The maximum atomic E-state index is 12.3. The fourth-order valence-corrected chi connectivity index (χ4v) is 3.27. The number of anilines is 2. The van der Waals surface area contributed by atoms with E-state index in [1.54, 1.807) is 6.07 Å². The minimum Gasteiger partial charge on any atom is -0.370 e. The van der Waals surface area contributed by atoms with Crippen LogP contribution in [0.5, 0.6) is 0 Å². The number of pyridine rings is 1. The normalized spacial score (nSPS) is 15.1. The number of benzene rings is 1. The zero-order chi connectivity index (χ0) is 16.1. The lowest BCUT2D eigenvalue weighted by atomic mass is 10.2. The van der Waals surface area contributed by atoms with Crippen LogP contribution in [0.3, 0.4) is 0 Å². The molecule has 5 heteroatoms. The summed E-state index contributed by atoms with van der Waals surface area (Å²) in [5.41, 5.74) is 1.73. The molecule has 2 aromatic rings. The second-order valence-corrected chi connectivity index (χ2v) is 6.59. The van der Waals surface area contributed by atoms with E-state index in [1.807, 2.05) is 36.5 Å². The van der Waals surface area contributed by atoms with Gasteiger partial charge in [0, 0.05) is 17.6 Å². The van der Waals surface area contributed by atoms with Gasteiger partial charge in [0.15, 0.2) is 0 Å². The molecule has 0 bridgehead atoms. The lowest BCUT2D eigenvalue weighted by Gasteiger charge is -2.22. The fourth-order valence-electron chi connectivity index (χ4n) is 2.80. The van der Waals surface area contributed by atoms with Crippen LogP contribution in [0.4, 0.5) is 11.5 Å². The molecule has 1 N–H and O–H groups in total. The highest BCUT2D eigenvalue weighted by atomic mass is 79.9. The van der Waals surface area contributed by atoms with Crippen molar-refractivity contribution in [2.75, 3.05) is 23.3 Å². The van der Waals surface area contributed by atoms with Gasteiger partial charge in [-0.25, -0.2) is 4.98 Å². The number of amides is 1. The maximum Gasteiger partial charge on any atom is 0.257 e. The van der Waals surface area contributed by atoms with Crippen molar-refractivity contribution < 1.29 is 4.79 Å². The molecule has 0 atom stereocenters. The number of nitrogens with one attached hydrogen (secondary N) is 1. The van der Waals surface area contributed by atoms with Gasteiger partial charge in [0.25, 0.3) is 5.91 Å². The molecule has 1 aromatic carbocycles. The van der Waals surface area contributed by atoms with E-state index in [-0.39, 0.29) is 5.91 Å². The SMILES string of the molecule is O=C(Nc1ccc(N2CCCCCC2)cn1)c1ccccc1Br. The van der Waals surface area contributed by atoms with Crippen LogP contribution < -0.4 is 10.2 Å². The van der Waals surface area contributed by atoms with E-state index in [0.29, 0.717) is 11.4 Å². The van der Waals surface area contributed by atoms with Crippen LogP contribution in [0, 0.1) is 0 Å². The van der Waals surface area contributed by atoms with Gasteiger partial charge in [0.2, 0.25) is 0 Å². The maximum absolute atomic E-state index is 12.3. The van der Waals surface area contributed by atoms with Crippen molar-refractivity contribution in [3.05, 3.63) is 52.6 Å². The second-order valence-electron chi connectivity index (χ2n) is 5.74. The molecule has 1 aliphatic rings. The summed E-state index contributed by atoms with van der Waals surface area (Å²) in [6.07, 6.45) is 6.94. The third-order valence-electron chi connectivity index (χ3n) is 4.08. The Labute approximate surface area is 145 Å². The third-order valence-corrected chi connectivity index (χ3v) is 4.77. The number of carbonyl (C=O) groups excluding carboxylic acids is 1. The molecule has 3 rings (SSSR count). The number of rotatable bonds is 3. The first-order valence-corrected chi connectivity index (χ1v) is 8.80. The average Bonchev–Trinajstić information content (AvgIpc) is 2.85. The Kier molecular flexibility index (Phi) is 5.28. The lowest BCUT2D eigenvalue weighted by Crippen LogP contribution is -2.24. The summed E-state index contributed by atoms with van der Waals surface area (Å²) in [5.74, 6) is 0.414. The van der Waals surface area contributed by atoms with E-state index in [1.165, 1.54) is 25.7 Å². The van der Waals surface area contributed by atoms with Gasteiger partial charge in [-0.05, 0) is 53.0 Å². The first-order chi connectivity index (χ1) is 11.2. The van der Waals surface area contributed by atoms with Gasteiger partial charge in [0.05, 0.1) is 17.4 Å². The van der Waals surface area contributed by atoms with Crippen molar-refractivity contribution in [1.29, 1.82) is 0 Å². The van der Waals surface area contributed by atoms with E-state index in [2.05, 4.69) is 31.1 Å². The van der Waals surface area contributed by atoms with E-state index in [0.717, 1.165) is 23.2 Å². The summed E-state index contributed by atoms with van der Waals surface area (Å²) in [7, 11) is 0. The number of carbonyl (C=O) groups is 1. The van der Waals surface area contributed by atoms with Gasteiger partial charge >= 0.3 is 0 Å². The Balaban J connectivity index is 1.67. The highest BCUT2D eigenvalue weighted by Crippen LogP contribution is 2.21. The van der Waals surface area contributed by atoms with Crippen molar-refractivity contribution in [3.63, 3.8) is 0 Å². The van der Waals surface area contributed by atoms with Gasteiger partial charge in [-0.1, -0.05) is 25.0 Å². The molecule has 120 valence electrons. The zero-order valence-electron chi connectivity index (χ0n) is 13.0. The van der Waals surface area contributed by atoms with Crippen molar-refractivity contribution in [3.8, 4) is 0 Å². The molecule has 1 saturated heterocycles. The van der Waals surface area contributed by atoms with E-state index < -0.39 is 0 Å². The first kappa shape index (κ1) is 16.0. The number of nitrogens with zero attached hydrogens (tertiary/aromatic N) is 2. The number of halogens is 1.